The fourth-order valence-electron chi connectivity index (χ4n) is 3.78. The molecule has 0 aromatic heterocycles. The molecule has 2 heteroatoms. The molecule has 1 rings (SSSR count). The summed E-state index contributed by atoms with van der Waals surface area (Å²) in [6.45, 7) is 9.44. The summed E-state index contributed by atoms with van der Waals surface area (Å²) in [6.07, 6.45) is 6.47. The van der Waals surface area contributed by atoms with Gasteiger partial charge in [-0.2, -0.15) is 0 Å². The first kappa shape index (κ1) is 15.0. The zero-order valence-corrected chi connectivity index (χ0v) is 12.1. The molecule has 17 heavy (non-hydrogen) atoms. The monoisotopic (exact) mass is 241 g/mol. The van der Waals surface area contributed by atoms with Gasteiger partial charge in [-0.1, -0.05) is 40.5 Å². The molecular formula is C15H31NO. The highest BCUT2D eigenvalue weighted by atomic mass is 16.3. The van der Waals surface area contributed by atoms with Crippen LogP contribution < -0.4 is 5.73 Å². The summed E-state index contributed by atoms with van der Waals surface area (Å²) >= 11 is 0. The first-order valence-electron chi connectivity index (χ1n) is 7.28. The first-order valence-corrected chi connectivity index (χ1v) is 7.28. The third-order valence-electron chi connectivity index (χ3n) is 4.43. The molecule has 0 heterocycles. The first-order chi connectivity index (χ1) is 7.85. The Morgan fingerprint density at radius 3 is 1.76 bits per heavy atom. The Morgan fingerprint density at radius 1 is 1.06 bits per heavy atom. The van der Waals surface area contributed by atoms with Gasteiger partial charge in [0.05, 0.1) is 5.60 Å². The number of rotatable bonds is 6. The largest absolute Gasteiger partial charge is 0.389 e. The second kappa shape index (κ2) is 5.71. The lowest BCUT2D eigenvalue weighted by molar-refractivity contribution is -0.105. The summed E-state index contributed by atoms with van der Waals surface area (Å²) < 4.78 is 0. The van der Waals surface area contributed by atoms with Crippen LogP contribution in [0.5, 0.6) is 0 Å². The van der Waals surface area contributed by atoms with E-state index >= 15 is 0 Å². The fourth-order valence-corrected chi connectivity index (χ4v) is 3.78. The molecule has 0 radical (unpaired) electrons. The smallest absolute Gasteiger partial charge is 0.0720 e. The molecule has 0 atom stereocenters. The normalized spacial score (nSPS) is 20.5. The minimum Gasteiger partial charge on any atom is -0.389 e. The second-order valence-corrected chi connectivity index (χ2v) is 6.92. The third-order valence-corrected chi connectivity index (χ3v) is 4.43. The van der Waals surface area contributed by atoms with Crippen LogP contribution in [0.4, 0.5) is 0 Å². The van der Waals surface area contributed by atoms with Gasteiger partial charge in [-0.05, 0) is 37.5 Å². The summed E-state index contributed by atoms with van der Waals surface area (Å²) in [6, 6.07) is 0. The van der Waals surface area contributed by atoms with Crippen molar-refractivity contribution in [1.29, 1.82) is 0 Å². The van der Waals surface area contributed by atoms with Crippen molar-refractivity contribution in [3.05, 3.63) is 0 Å². The molecule has 0 aromatic rings. The van der Waals surface area contributed by atoms with Crippen molar-refractivity contribution >= 4 is 0 Å². The fraction of sp³-hybridized carbons (Fsp3) is 1.00. The van der Waals surface area contributed by atoms with Gasteiger partial charge in [0.15, 0.2) is 0 Å². The second-order valence-electron chi connectivity index (χ2n) is 6.92. The zero-order valence-electron chi connectivity index (χ0n) is 12.1. The van der Waals surface area contributed by atoms with Gasteiger partial charge in [-0.3, -0.25) is 0 Å². The van der Waals surface area contributed by atoms with Crippen molar-refractivity contribution < 1.29 is 5.11 Å². The lowest BCUT2D eigenvalue weighted by Crippen LogP contribution is -2.52. The van der Waals surface area contributed by atoms with Gasteiger partial charge in [0, 0.05) is 12.0 Å². The van der Waals surface area contributed by atoms with E-state index in [2.05, 4.69) is 27.7 Å². The Labute approximate surface area is 107 Å². The quantitative estimate of drug-likeness (QED) is 0.749. The van der Waals surface area contributed by atoms with Crippen molar-refractivity contribution in [2.24, 2.45) is 23.0 Å². The minimum absolute atomic E-state index is 0.0124. The van der Waals surface area contributed by atoms with Crippen molar-refractivity contribution in [1.82, 2.24) is 0 Å². The molecule has 2 nitrogen and oxygen atoms in total. The van der Waals surface area contributed by atoms with E-state index in [4.69, 9.17) is 5.73 Å². The average Bonchev–Trinajstić information content (AvgIpc) is 2.64. The van der Waals surface area contributed by atoms with E-state index < -0.39 is 5.60 Å². The number of aliphatic hydroxyl groups is 1. The van der Waals surface area contributed by atoms with E-state index in [0.717, 1.165) is 25.7 Å². The highest BCUT2D eigenvalue weighted by Gasteiger charge is 2.50. The van der Waals surface area contributed by atoms with Crippen molar-refractivity contribution in [2.45, 2.75) is 71.8 Å². The predicted octanol–water partition coefficient (Wildman–Crippen LogP) is 3.33. The molecule has 102 valence electrons. The molecule has 1 aliphatic rings. The lowest BCUT2D eigenvalue weighted by Gasteiger charge is -2.47. The van der Waals surface area contributed by atoms with Crippen LogP contribution in [0.1, 0.15) is 66.2 Å². The van der Waals surface area contributed by atoms with E-state index in [-0.39, 0.29) is 5.41 Å². The van der Waals surface area contributed by atoms with Crippen LogP contribution in [0.15, 0.2) is 0 Å². The molecule has 0 bridgehead atoms. The van der Waals surface area contributed by atoms with Crippen molar-refractivity contribution in [3.63, 3.8) is 0 Å². The maximum atomic E-state index is 11.2. The van der Waals surface area contributed by atoms with Crippen molar-refractivity contribution in [2.75, 3.05) is 6.54 Å². The van der Waals surface area contributed by atoms with E-state index in [1.165, 1.54) is 12.8 Å². The van der Waals surface area contributed by atoms with E-state index in [9.17, 15) is 5.11 Å². The lowest BCUT2D eigenvalue weighted by atomic mass is 9.64. The van der Waals surface area contributed by atoms with E-state index in [0.29, 0.717) is 18.4 Å². The molecule has 1 aliphatic carbocycles. The number of hydrogen-bond donors (Lipinski definition) is 2. The average molecular weight is 241 g/mol. The summed E-state index contributed by atoms with van der Waals surface area (Å²) in [5.41, 5.74) is 5.48. The summed E-state index contributed by atoms with van der Waals surface area (Å²) in [7, 11) is 0. The van der Waals surface area contributed by atoms with Crippen LogP contribution in [-0.4, -0.2) is 17.3 Å². The number of nitrogens with two attached hydrogens (primary N) is 1. The number of hydrogen-bond acceptors (Lipinski definition) is 2. The molecular weight excluding hydrogens is 210 g/mol. The van der Waals surface area contributed by atoms with Gasteiger partial charge in [0.25, 0.3) is 0 Å². The highest BCUT2D eigenvalue weighted by Crippen LogP contribution is 2.50. The minimum atomic E-state index is -0.555. The molecule has 0 unspecified atom stereocenters. The Bertz CT molecular complexity index is 219. The molecule has 0 spiro atoms. The van der Waals surface area contributed by atoms with Gasteiger partial charge < -0.3 is 10.8 Å². The Hall–Kier alpha value is -0.0800. The molecule has 0 aromatic carbocycles. The Morgan fingerprint density at radius 2 is 1.47 bits per heavy atom. The van der Waals surface area contributed by atoms with Crippen molar-refractivity contribution in [3.8, 4) is 0 Å². The van der Waals surface area contributed by atoms with Crippen LogP contribution in [-0.2, 0) is 0 Å². The molecule has 1 fully saturated rings. The molecule has 0 aliphatic heterocycles. The third kappa shape index (κ3) is 3.23. The predicted molar refractivity (Wildman–Crippen MR) is 73.8 cm³/mol. The maximum Gasteiger partial charge on any atom is 0.0720 e. The van der Waals surface area contributed by atoms with Gasteiger partial charge in [0.1, 0.15) is 0 Å². The summed E-state index contributed by atoms with van der Waals surface area (Å²) in [4.78, 5) is 0. The highest BCUT2D eigenvalue weighted by molar-refractivity contribution is 5.02. The van der Waals surface area contributed by atoms with Crippen LogP contribution >= 0.6 is 0 Å². The molecule has 3 N–H and O–H groups in total. The van der Waals surface area contributed by atoms with Gasteiger partial charge >= 0.3 is 0 Å². The van der Waals surface area contributed by atoms with Gasteiger partial charge in [0.2, 0.25) is 0 Å². The van der Waals surface area contributed by atoms with Gasteiger partial charge in [-0.15, -0.1) is 0 Å². The van der Waals surface area contributed by atoms with Crippen LogP contribution in [0.25, 0.3) is 0 Å². The molecule has 0 saturated heterocycles. The van der Waals surface area contributed by atoms with Crippen LogP contribution in [0.3, 0.4) is 0 Å². The SMILES string of the molecule is CC(C)CC(O)(CC(C)C)C1(CN)CCCC1. The van der Waals surface area contributed by atoms with Gasteiger partial charge in [-0.25, -0.2) is 0 Å². The zero-order chi connectivity index (χ0) is 13.1. The van der Waals surface area contributed by atoms with Crippen LogP contribution in [0.2, 0.25) is 0 Å². The molecule has 0 amide bonds. The topological polar surface area (TPSA) is 46.2 Å². The maximum absolute atomic E-state index is 11.2. The van der Waals surface area contributed by atoms with E-state index in [1.807, 2.05) is 0 Å². The Balaban J connectivity index is 2.94. The van der Waals surface area contributed by atoms with Crippen LogP contribution in [0, 0.1) is 17.3 Å². The van der Waals surface area contributed by atoms with E-state index in [1.54, 1.807) is 0 Å². The standard InChI is InChI=1S/C15H31NO/c1-12(2)9-15(17,10-13(3)4)14(11-16)7-5-6-8-14/h12-13,17H,5-11,16H2,1-4H3. The summed E-state index contributed by atoms with van der Waals surface area (Å²) in [5.74, 6) is 1.06. The summed E-state index contributed by atoms with van der Waals surface area (Å²) in [5, 5.41) is 11.2. The Kier molecular flexibility index (Phi) is 5.03. The molecule has 1 saturated carbocycles.